The highest BCUT2D eigenvalue weighted by Crippen LogP contribution is 2.16. The van der Waals surface area contributed by atoms with Crippen molar-refractivity contribution < 1.29 is 4.79 Å². The highest BCUT2D eigenvalue weighted by Gasteiger charge is 2.00. The lowest BCUT2D eigenvalue weighted by Gasteiger charge is -2.07. The first-order valence-corrected chi connectivity index (χ1v) is 6.08. The van der Waals surface area contributed by atoms with E-state index in [4.69, 9.17) is 5.73 Å². The lowest BCUT2D eigenvalue weighted by atomic mass is 10.1. The minimum absolute atomic E-state index is 0.247. The lowest BCUT2D eigenvalue weighted by molar-refractivity contribution is -0.118. The molecule has 0 aliphatic rings. The molecule has 4 heteroatoms. The van der Waals surface area contributed by atoms with Crippen LogP contribution in [0.25, 0.3) is 10.8 Å². The highest BCUT2D eigenvalue weighted by molar-refractivity contribution is 5.84. The third-order valence-corrected chi connectivity index (χ3v) is 2.84. The summed E-state index contributed by atoms with van der Waals surface area (Å²) in [6.45, 7) is 1.54. The third-order valence-electron chi connectivity index (χ3n) is 2.84. The van der Waals surface area contributed by atoms with Gasteiger partial charge in [0.05, 0.1) is 0 Å². The summed E-state index contributed by atoms with van der Waals surface area (Å²) in [5, 5.41) is 5.67. The Morgan fingerprint density at radius 3 is 2.94 bits per heavy atom. The second-order valence-electron chi connectivity index (χ2n) is 4.27. The second kappa shape index (κ2) is 6.12. The van der Waals surface area contributed by atoms with E-state index >= 15 is 0 Å². The number of nitrogens with one attached hydrogen (secondary N) is 1. The number of pyridine rings is 1. The summed E-state index contributed by atoms with van der Waals surface area (Å²) in [6, 6.07) is 8.18. The number of carbonyl (C=O) groups excluding carboxylic acids is 1. The fourth-order valence-corrected chi connectivity index (χ4v) is 1.93. The molecule has 0 bridgehead atoms. The standard InChI is InChI=1S/C14H17N3O/c15-14(18)6-3-7-16-9-12-10-17-8-11-4-1-2-5-13(11)12/h1-2,4-5,8,10,16H,3,6-7,9H2,(H2,15,18). The Kier molecular flexibility index (Phi) is 4.25. The normalized spacial score (nSPS) is 10.7. The minimum Gasteiger partial charge on any atom is -0.370 e. The Morgan fingerprint density at radius 1 is 1.28 bits per heavy atom. The van der Waals surface area contributed by atoms with Crippen molar-refractivity contribution in [3.63, 3.8) is 0 Å². The molecule has 94 valence electrons. The highest BCUT2D eigenvalue weighted by atomic mass is 16.1. The largest absolute Gasteiger partial charge is 0.370 e. The number of fused-ring (bicyclic) bond motifs is 1. The van der Waals surface area contributed by atoms with Gasteiger partial charge in [0.2, 0.25) is 5.91 Å². The first-order chi connectivity index (χ1) is 8.77. The van der Waals surface area contributed by atoms with Crippen LogP contribution in [0.15, 0.2) is 36.7 Å². The van der Waals surface area contributed by atoms with Gasteiger partial charge in [-0.1, -0.05) is 24.3 Å². The van der Waals surface area contributed by atoms with Gasteiger partial charge in [-0.2, -0.15) is 0 Å². The predicted octanol–water partition coefficient (Wildman–Crippen LogP) is 1.59. The zero-order valence-electron chi connectivity index (χ0n) is 10.2. The average molecular weight is 243 g/mol. The van der Waals surface area contributed by atoms with Crippen molar-refractivity contribution in [3.8, 4) is 0 Å². The number of hydrogen-bond donors (Lipinski definition) is 2. The fraction of sp³-hybridized carbons (Fsp3) is 0.286. The summed E-state index contributed by atoms with van der Waals surface area (Å²) >= 11 is 0. The maximum absolute atomic E-state index is 10.6. The molecule has 0 saturated carbocycles. The molecular formula is C14H17N3O. The van der Waals surface area contributed by atoms with Crippen LogP contribution in [0.4, 0.5) is 0 Å². The van der Waals surface area contributed by atoms with Crippen LogP contribution < -0.4 is 11.1 Å². The van der Waals surface area contributed by atoms with Gasteiger partial charge < -0.3 is 11.1 Å². The fourth-order valence-electron chi connectivity index (χ4n) is 1.93. The zero-order valence-corrected chi connectivity index (χ0v) is 10.2. The summed E-state index contributed by atoms with van der Waals surface area (Å²) < 4.78 is 0. The van der Waals surface area contributed by atoms with E-state index in [9.17, 15) is 4.79 Å². The predicted molar refractivity (Wildman–Crippen MR) is 71.9 cm³/mol. The molecule has 3 N–H and O–H groups in total. The summed E-state index contributed by atoms with van der Waals surface area (Å²) in [6.07, 6.45) is 4.95. The molecule has 4 nitrogen and oxygen atoms in total. The number of carbonyl (C=O) groups is 1. The number of hydrogen-bond acceptors (Lipinski definition) is 3. The van der Waals surface area contributed by atoms with E-state index < -0.39 is 0 Å². The van der Waals surface area contributed by atoms with Crippen LogP contribution in [0.5, 0.6) is 0 Å². The Hall–Kier alpha value is -1.94. The minimum atomic E-state index is -0.247. The number of primary amides is 1. The molecule has 1 aromatic heterocycles. The Bertz CT molecular complexity index is 534. The van der Waals surface area contributed by atoms with Gasteiger partial charge in [-0.25, -0.2) is 0 Å². The maximum atomic E-state index is 10.6. The zero-order chi connectivity index (χ0) is 12.8. The van der Waals surface area contributed by atoms with Gasteiger partial charge >= 0.3 is 0 Å². The van der Waals surface area contributed by atoms with Crippen molar-refractivity contribution in [2.24, 2.45) is 5.73 Å². The number of benzene rings is 1. The van der Waals surface area contributed by atoms with Crippen LogP contribution in [-0.2, 0) is 11.3 Å². The van der Waals surface area contributed by atoms with Crippen molar-refractivity contribution in [1.29, 1.82) is 0 Å². The van der Waals surface area contributed by atoms with Crippen molar-refractivity contribution in [2.45, 2.75) is 19.4 Å². The molecule has 2 rings (SSSR count). The van der Waals surface area contributed by atoms with Crippen LogP contribution in [0.1, 0.15) is 18.4 Å². The molecule has 1 aromatic carbocycles. The lowest BCUT2D eigenvalue weighted by Crippen LogP contribution is -2.18. The van der Waals surface area contributed by atoms with Gasteiger partial charge in [0, 0.05) is 30.7 Å². The smallest absolute Gasteiger partial charge is 0.217 e. The van der Waals surface area contributed by atoms with E-state index in [1.807, 2.05) is 24.5 Å². The van der Waals surface area contributed by atoms with Crippen LogP contribution in [0.3, 0.4) is 0 Å². The monoisotopic (exact) mass is 243 g/mol. The molecule has 0 fully saturated rings. The van der Waals surface area contributed by atoms with Gasteiger partial charge in [0.15, 0.2) is 0 Å². The van der Waals surface area contributed by atoms with Crippen LogP contribution >= 0.6 is 0 Å². The van der Waals surface area contributed by atoms with Gasteiger partial charge in [-0.3, -0.25) is 9.78 Å². The quantitative estimate of drug-likeness (QED) is 0.757. The van der Waals surface area contributed by atoms with E-state index in [0.717, 1.165) is 24.9 Å². The SMILES string of the molecule is NC(=O)CCCNCc1cncc2ccccc12. The van der Waals surface area contributed by atoms with Crippen molar-refractivity contribution in [1.82, 2.24) is 10.3 Å². The summed E-state index contributed by atoms with van der Waals surface area (Å²) in [5.41, 5.74) is 6.26. The van der Waals surface area contributed by atoms with Gasteiger partial charge in [0.1, 0.15) is 0 Å². The van der Waals surface area contributed by atoms with E-state index in [1.54, 1.807) is 0 Å². The van der Waals surface area contributed by atoms with Gasteiger partial charge in [-0.15, -0.1) is 0 Å². The number of nitrogens with zero attached hydrogens (tertiary/aromatic N) is 1. The molecule has 2 aromatic rings. The van der Waals surface area contributed by atoms with Crippen molar-refractivity contribution >= 4 is 16.7 Å². The molecule has 0 saturated heterocycles. The molecule has 1 amide bonds. The molecule has 18 heavy (non-hydrogen) atoms. The second-order valence-corrected chi connectivity index (χ2v) is 4.27. The first-order valence-electron chi connectivity index (χ1n) is 6.08. The molecular weight excluding hydrogens is 226 g/mol. The molecule has 0 atom stereocenters. The molecule has 0 spiro atoms. The molecule has 0 aliphatic carbocycles. The van der Waals surface area contributed by atoms with Gasteiger partial charge in [0.25, 0.3) is 0 Å². The van der Waals surface area contributed by atoms with E-state index in [2.05, 4.69) is 22.4 Å². The van der Waals surface area contributed by atoms with E-state index in [1.165, 1.54) is 10.9 Å². The van der Waals surface area contributed by atoms with E-state index in [0.29, 0.717) is 6.42 Å². The average Bonchev–Trinajstić information content (AvgIpc) is 2.38. The number of aromatic nitrogens is 1. The molecule has 0 aliphatic heterocycles. The molecule has 0 unspecified atom stereocenters. The maximum Gasteiger partial charge on any atom is 0.217 e. The number of amides is 1. The van der Waals surface area contributed by atoms with Gasteiger partial charge in [-0.05, 0) is 23.9 Å². The topological polar surface area (TPSA) is 68.0 Å². The number of nitrogens with two attached hydrogens (primary N) is 1. The first kappa shape index (κ1) is 12.5. The Labute approximate surface area is 106 Å². The summed E-state index contributed by atoms with van der Waals surface area (Å²) in [7, 11) is 0. The third kappa shape index (κ3) is 3.28. The van der Waals surface area contributed by atoms with Crippen LogP contribution in [-0.4, -0.2) is 17.4 Å². The van der Waals surface area contributed by atoms with E-state index in [-0.39, 0.29) is 5.91 Å². The molecule has 0 radical (unpaired) electrons. The summed E-state index contributed by atoms with van der Waals surface area (Å²) in [4.78, 5) is 14.8. The Morgan fingerprint density at radius 2 is 2.11 bits per heavy atom. The van der Waals surface area contributed by atoms with Crippen LogP contribution in [0.2, 0.25) is 0 Å². The van der Waals surface area contributed by atoms with Crippen molar-refractivity contribution in [3.05, 3.63) is 42.2 Å². The van der Waals surface area contributed by atoms with Crippen LogP contribution in [0, 0.1) is 0 Å². The van der Waals surface area contributed by atoms with Crippen molar-refractivity contribution in [2.75, 3.05) is 6.54 Å². The Balaban J connectivity index is 1.93. The molecule has 1 heterocycles. The summed E-state index contributed by atoms with van der Waals surface area (Å²) in [5.74, 6) is -0.247. The number of rotatable bonds is 6.